The molecule has 1 aliphatic heterocycles. The van der Waals surface area contributed by atoms with E-state index in [1.807, 2.05) is 39.8 Å². The number of aliphatic hydroxyl groups excluding tert-OH is 1. The number of carbonyl (C=O) groups excluding carboxylic acids is 1. The van der Waals surface area contributed by atoms with Crippen LogP contribution in [0, 0.1) is 18.6 Å². The molecule has 4 N–H and O–H groups in total. The van der Waals surface area contributed by atoms with E-state index in [0.29, 0.717) is 5.56 Å². The molecule has 1 aliphatic rings. The molecule has 192 valence electrons. The van der Waals surface area contributed by atoms with Gasteiger partial charge in [-0.3, -0.25) is 4.79 Å². The number of aryl methyl sites for hydroxylation is 1. The van der Waals surface area contributed by atoms with Gasteiger partial charge in [0.05, 0.1) is 12.1 Å². The number of aliphatic hydroxyl groups is 1. The fourth-order valence-electron chi connectivity index (χ4n) is 4.59. The molecular formula is C27H37F2N3O3. The summed E-state index contributed by atoms with van der Waals surface area (Å²) in [5.41, 5.74) is 2.70. The zero-order chi connectivity index (χ0) is 26.0. The van der Waals surface area contributed by atoms with E-state index in [0.717, 1.165) is 41.6 Å². The summed E-state index contributed by atoms with van der Waals surface area (Å²) >= 11 is 0. The fraction of sp³-hybridized carbons (Fsp3) is 0.519. The number of fused-ring (bicyclic) bond motifs is 1. The smallest absolute Gasteiger partial charge is 0.217 e. The van der Waals surface area contributed by atoms with Crippen molar-refractivity contribution in [3.05, 3.63) is 58.7 Å². The van der Waals surface area contributed by atoms with Gasteiger partial charge in [0.2, 0.25) is 5.91 Å². The van der Waals surface area contributed by atoms with E-state index in [-0.39, 0.29) is 24.5 Å². The van der Waals surface area contributed by atoms with Gasteiger partial charge in [-0.25, -0.2) is 8.78 Å². The number of carbonyl (C=O) groups is 1. The molecule has 0 saturated heterocycles. The van der Waals surface area contributed by atoms with E-state index in [1.165, 1.54) is 19.1 Å². The molecule has 0 saturated carbocycles. The summed E-state index contributed by atoms with van der Waals surface area (Å²) in [5.74, 6) is -0.951. The van der Waals surface area contributed by atoms with Gasteiger partial charge in [-0.1, -0.05) is 0 Å². The first kappa shape index (κ1) is 26.9. The van der Waals surface area contributed by atoms with Crippen LogP contribution in [0.25, 0.3) is 0 Å². The first-order chi connectivity index (χ1) is 16.3. The second kappa shape index (κ2) is 10.5. The summed E-state index contributed by atoms with van der Waals surface area (Å²) < 4.78 is 33.5. The topological polar surface area (TPSA) is 82.6 Å². The van der Waals surface area contributed by atoms with Gasteiger partial charge in [0.25, 0.3) is 0 Å². The molecule has 0 bridgehead atoms. The lowest BCUT2D eigenvalue weighted by molar-refractivity contribution is -0.120. The maximum absolute atomic E-state index is 13.7. The summed E-state index contributed by atoms with van der Waals surface area (Å²) in [6.07, 6.45) is -0.129. The molecule has 6 nitrogen and oxygen atoms in total. The van der Waals surface area contributed by atoms with Gasteiger partial charge < -0.3 is 25.8 Å². The maximum atomic E-state index is 13.7. The molecule has 0 aromatic heterocycles. The third kappa shape index (κ3) is 7.15. The zero-order valence-electron chi connectivity index (χ0n) is 21.4. The number of ether oxygens (including phenoxy) is 1. The standard InChI is InChI=1S/C27H37F2N3O3/c1-16-9-21(35-26(3,4)5)14-22-25(16)30-8-7-27(22,6)31-15-24(34)23(32-17(2)33)12-18-10-19(28)13-20(29)11-18/h9-11,13-14,23-24,30-31,34H,7-8,12,15H2,1-6H3,(H,32,33)/t23-,24+,27?/m0/s1. The molecule has 0 spiro atoms. The van der Waals surface area contributed by atoms with Crippen molar-refractivity contribution in [1.82, 2.24) is 10.6 Å². The van der Waals surface area contributed by atoms with Crippen LogP contribution in [0.1, 0.15) is 57.7 Å². The Balaban J connectivity index is 1.81. The highest BCUT2D eigenvalue weighted by atomic mass is 19.1. The van der Waals surface area contributed by atoms with Crippen molar-refractivity contribution in [3.8, 4) is 5.75 Å². The molecule has 0 fully saturated rings. The minimum atomic E-state index is -0.990. The van der Waals surface area contributed by atoms with Gasteiger partial charge in [0, 0.05) is 37.3 Å². The molecule has 2 aromatic rings. The number of hydrogen-bond acceptors (Lipinski definition) is 5. The van der Waals surface area contributed by atoms with Crippen molar-refractivity contribution in [3.63, 3.8) is 0 Å². The average molecular weight is 490 g/mol. The number of hydrogen-bond donors (Lipinski definition) is 4. The third-order valence-electron chi connectivity index (χ3n) is 6.19. The lowest BCUT2D eigenvalue weighted by Crippen LogP contribution is -2.53. The number of rotatable bonds is 8. The Bertz CT molecular complexity index is 1050. The van der Waals surface area contributed by atoms with Crippen LogP contribution in [0.4, 0.5) is 14.5 Å². The zero-order valence-corrected chi connectivity index (χ0v) is 21.4. The number of nitrogens with one attached hydrogen (secondary N) is 3. The van der Waals surface area contributed by atoms with E-state index < -0.39 is 29.3 Å². The van der Waals surface area contributed by atoms with E-state index in [4.69, 9.17) is 4.74 Å². The minimum Gasteiger partial charge on any atom is -0.488 e. The summed E-state index contributed by atoms with van der Waals surface area (Å²) in [7, 11) is 0. The minimum absolute atomic E-state index is 0.0919. The molecule has 0 aliphatic carbocycles. The van der Waals surface area contributed by atoms with E-state index in [1.54, 1.807) is 0 Å². The molecule has 1 heterocycles. The average Bonchev–Trinajstić information content (AvgIpc) is 2.70. The van der Waals surface area contributed by atoms with E-state index in [9.17, 15) is 18.7 Å². The third-order valence-corrected chi connectivity index (χ3v) is 6.19. The van der Waals surface area contributed by atoms with Crippen LogP contribution in [0.5, 0.6) is 5.75 Å². The molecule has 3 atom stereocenters. The molecule has 35 heavy (non-hydrogen) atoms. The highest BCUT2D eigenvalue weighted by molar-refractivity contribution is 5.73. The first-order valence-corrected chi connectivity index (χ1v) is 12.0. The normalized spacial score (nSPS) is 19.3. The van der Waals surface area contributed by atoms with E-state index in [2.05, 4.69) is 22.9 Å². The number of halogens is 2. The Morgan fingerprint density at radius 3 is 2.46 bits per heavy atom. The van der Waals surface area contributed by atoms with Gasteiger partial charge in [0.1, 0.15) is 23.0 Å². The van der Waals surface area contributed by atoms with Crippen LogP contribution in [-0.4, -0.2) is 41.9 Å². The number of amides is 1. The monoisotopic (exact) mass is 489 g/mol. The second-order valence-electron chi connectivity index (χ2n) is 10.6. The molecule has 0 radical (unpaired) electrons. The summed E-state index contributed by atoms with van der Waals surface area (Å²) in [5, 5.41) is 20.7. The molecular weight excluding hydrogens is 452 g/mol. The highest BCUT2D eigenvalue weighted by Gasteiger charge is 2.35. The predicted octanol–water partition coefficient (Wildman–Crippen LogP) is 4.18. The Hall–Kier alpha value is -2.71. The molecule has 2 aromatic carbocycles. The quantitative estimate of drug-likeness (QED) is 0.447. The number of anilines is 1. The van der Waals surface area contributed by atoms with Gasteiger partial charge in [-0.15, -0.1) is 0 Å². The van der Waals surface area contributed by atoms with Crippen LogP contribution in [0.3, 0.4) is 0 Å². The van der Waals surface area contributed by atoms with Crippen molar-refractivity contribution < 1.29 is 23.4 Å². The Morgan fingerprint density at radius 2 is 1.86 bits per heavy atom. The van der Waals surface area contributed by atoms with Crippen molar-refractivity contribution in [1.29, 1.82) is 0 Å². The lowest BCUT2D eigenvalue weighted by Gasteiger charge is -2.40. The summed E-state index contributed by atoms with van der Waals surface area (Å²) in [6.45, 7) is 12.4. The first-order valence-electron chi connectivity index (χ1n) is 12.0. The Labute approximate surface area is 206 Å². The van der Waals surface area contributed by atoms with Gasteiger partial charge in [-0.2, -0.15) is 0 Å². The van der Waals surface area contributed by atoms with Crippen molar-refractivity contribution in [2.45, 2.75) is 77.7 Å². The fourth-order valence-corrected chi connectivity index (χ4v) is 4.59. The summed E-state index contributed by atoms with van der Waals surface area (Å²) in [4.78, 5) is 11.8. The van der Waals surface area contributed by atoms with Crippen molar-refractivity contribution >= 4 is 11.6 Å². The van der Waals surface area contributed by atoms with Gasteiger partial charge in [0.15, 0.2) is 0 Å². The largest absolute Gasteiger partial charge is 0.488 e. The maximum Gasteiger partial charge on any atom is 0.217 e. The van der Waals surface area contributed by atoms with Gasteiger partial charge >= 0.3 is 0 Å². The predicted molar refractivity (Wildman–Crippen MR) is 134 cm³/mol. The molecule has 8 heteroatoms. The van der Waals surface area contributed by atoms with Crippen molar-refractivity contribution in [2.24, 2.45) is 0 Å². The number of benzene rings is 2. The van der Waals surface area contributed by atoms with Crippen LogP contribution in [0.2, 0.25) is 0 Å². The van der Waals surface area contributed by atoms with Crippen LogP contribution in [0.15, 0.2) is 30.3 Å². The van der Waals surface area contributed by atoms with Crippen LogP contribution >= 0.6 is 0 Å². The molecule has 3 rings (SSSR count). The second-order valence-corrected chi connectivity index (χ2v) is 10.6. The van der Waals surface area contributed by atoms with E-state index >= 15 is 0 Å². The Morgan fingerprint density at radius 1 is 1.20 bits per heavy atom. The van der Waals surface area contributed by atoms with Crippen molar-refractivity contribution in [2.75, 3.05) is 18.4 Å². The molecule has 1 amide bonds. The van der Waals surface area contributed by atoms with Crippen LogP contribution in [-0.2, 0) is 16.8 Å². The Kier molecular flexibility index (Phi) is 8.07. The SMILES string of the molecule is CC(=O)N[C@@H](Cc1cc(F)cc(F)c1)[C@H](O)CNC1(C)CCNc2c(C)cc(OC(C)(C)C)cc21. The highest BCUT2D eigenvalue weighted by Crippen LogP contribution is 2.40. The summed E-state index contributed by atoms with van der Waals surface area (Å²) in [6, 6.07) is 6.54. The lowest BCUT2D eigenvalue weighted by atomic mass is 9.82. The van der Waals surface area contributed by atoms with Gasteiger partial charge in [-0.05, 0) is 88.4 Å². The van der Waals surface area contributed by atoms with Crippen LogP contribution < -0.4 is 20.7 Å². The molecule has 1 unspecified atom stereocenters.